The minimum atomic E-state index is -0.176. The number of aliphatic hydroxyl groups is 2. The second-order valence-corrected chi connectivity index (χ2v) is 4.07. The number of aliphatic hydroxyl groups excluding tert-OH is 2. The lowest BCUT2D eigenvalue weighted by Gasteiger charge is -2.30. The fourth-order valence-electron chi connectivity index (χ4n) is 1.98. The Hall–Kier alpha value is -0.0800. The van der Waals surface area contributed by atoms with Crippen molar-refractivity contribution in [2.45, 2.75) is 39.2 Å². The van der Waals surface area contributed by atoms with Crippen molar-refractivity contribution >= 4 is 0 Å². The SMILES string of the molecule is CC(C)C1(CO)CCC(O)C1. The normalized spacial score (nSPS) is 38.5. The van der Waals surface area contributed by atoms with Crippen molar-refractivity contribution in [2.24, 2.45) is 11.3 Å². The summed E-state index contributed by atoms with van der Waals surface area (Å²) in [6.45, 7) is 4.46. The molecule has 2 N–H and O–H groups in total. The van der Waals surface area contributed by atoms with Gasteiger partial charge in [-0.15, -0.1) is 0 Å². The lowest BCUT2D eigenvalue weighted by Crippen LogP contribution is -2.28. The fourth-order valence-corrected chi connectivity index (χ4v) is 1.98. The molecule has 0 bridgehead atoms. The number of rotatable bonds is 2. The molecule has 11 heavy (non-hydrogen) atoms. The average molecular weight is 158 g/mol. The third-order valence-corrected chi connectivity index (χ3v) is 3.16. The van der Waals surface area contributed by atoms with Gasteiger partial charge >= 0.3 is 0 Å². The van der Waals surface area contributed by atoms with Crippen LogP contribution < -0.4 is 0 Å². The van der Waals surface area contributed by atoms with Crippen LogP contribution >= 0.6 is 0 Å². The summed E-state index contributed by atoms with van der Waals surface area (Å²) in [7, 11) is 0. The molecule has 0 radical (unpaired) electrons. The summed E-state index contributed by atoms with van der Waals surface area (Å²) in [5, 5.41) is 18.5. The highest BCUT2D eigenvalue weighted by Crippen LogP contribution is 2.43. The molecule has 0 aliphatic heterocycles. The van der Waals surface area contributed by atoms with Crippen LogP contribution in [0.3, 0.4) is 0 Å². The molecule has 2 unspecified atom stereocenters. The summed E-state index contributed by atoms with van der Waals surface area (Å²) in [6, 6.07) is 0. The summed E-state index contributed by atoms with van der Waals surface area (Å²) < 4.78 is 0. The predicted molar refractivity (Wildman–Crippen MR) is 44.2 cm³/mol. The Morgan fingerprint density at radius 1 is 1.55 bits per heavy atom. The van der Waals surface area contributed by atoms with E-state index in [1.54, 1.807) is 0 Å². The van der Waals surface area contributed by atoms with Crippen LogP contribution in [0.2, 0.25) is 0 Å². The topological polar surface area (TPSA) is 40.5 Å². The minimum absolute atomic E-state index is 0.0133. The van der Waals surface area contributed by atoms with Gasteiger partial charge in [-0.2, -0.15) is 0 Å². The van der Waals surface area contributed by atoms with Gasteiger partial charge in [0.05, 0.1) is 6.10 Å². The molecule has 0 amide bonds. The number of hydrogen-bond acceptors (Lipinski definition) is 2. The molecule has 0 aromatic rings. The Kier molecular flexibility index (Phi) is 2.55. The first-order chi connectivity index (χ1) is 5.10. The van der Waals surface area contributed by atoms with Crippen LogP contribution in [0, 0.1) is 11.3 Å². The standard InChI is InChI=1S/C9H18O2/c1-7(2)9(6-10)4-3-8(11)5-9/h7-8,10-11H,3-6H2,1-2H3. The molecule has 1 fully saturated rings. The minimum Gasteiger partial charge on any atom is -0.396 e. The first kappa shape index (κ1) is 9.01. The molecule has 1 aliphatic carbocycles. The van der Waals surface area contributed by atoms with Crippen LogP contribution in [0.4, 0.5) is 0 Å². The van der Waals surface area contributed by atoms with E-state index in [1.807, 2.05) is 0 Å². The Balaban J connectivity index is 2.62. The molecular weight excluding hydrogens is 140 g/mol. The molecule has 0 aromatic carbocycles. The van der Waals surface area contributed by atoms with Crippen molar-refractivity contribution in [1.29, 1.82) is 0 Å². The van der Waals surface area contributed by atoms with Crippen molar-refractivity contribution in [3.05, 3.63) is 0 Å². The van der Waals surface area contributed by atoms with E-state index in [0.29, 0.717) is 5.92 Å². The maximum absolute atomic E-state index is 9.33. The van der Waals surface area contributed by atoms with Crippen molar-refractivity contribution in [2.75, 3.05) is 6.61 Å². The molecule has 1 saturated carbocycles. The van der Waals surface area contributed by atoms with Gasteiger partial charge < -0.3 is 10.2 Å². The Morgan fingerprint density at radius 2 is 2.18 bits per heavy atom. The predicted octanol–water partition coefficient (Wildman–Crippen LogP) is 1.17. The van der Waals surface area contributed by atoms with Crippen molar-refractivity contribution in [3.63, 3.8) is 0 Å². The molecule has 0 heterocycles. The van der Waals surface area contributed by atoms with Gasteiger partial charge in [-0.25, -0.2) is 0 Å². The van der Waals surface area contributed by atoms with Gasteiger partial charge in [-0.3, -0.25) is 0 Å². The van der Waals surface area contributed by atoms with Gasteiger partial charge in [0.2, 0.25) is 0 Å². The van der Waals surface area contributed by atoms with Crippen LogP contribution in [0.25, 0.3) is 0 Å². The second-order valence-electron chi connectivity index (χ2n) is 4.07. The molecule has 2 atom stereocenters. The summed E-state index contributed by atoms with van der Waals surface area (Å²) in [4.78, 5) is 0. The van der Waals surface area contributed by atoms with Gasteiger partial charge in [0.15, 0.2) is 0 Å². The first-order valence-electron chi connectivity index (χ1n) is 4.39. The van der Waals surface area contributed by atoms with Crippen LogP contribution in [0.1, 0.15) is 33.1 Å². The van der Waals surface area contributed by atoms with Crippen molar-refractivity contribution in [1.82, 2.24) is 0 Å². The van der Waals surface area contributed by atoms with E-state index in [2.05, 4.69) is 13.8 Å². The monoisotopic (exact) mass is 158 g/mol. The van der Waals surface area contributed by atoms with E-state index in [1.165, 1.54) is 0 Å². The highest BCUT2D eigenvalue weighted by Gasteiger charge is 2.40. The van der Waals surface area contributed by atoms with E-state index in [4.69, 9.17) is 0 Å². The molecule has 2 heteroatoms. The highest BCUT2D eigenvalue weighted by molar-refractivity contribution is 4.90. The van der Waals surface area contributed by atoms with Crippen LogP contribution in [-0.2, 0) is 0 Å². The van der Waals surface area contributed by atoms with Gasteiger partial charge in [-0.1, -0.05) is 13.8 Å². The third kappa shape index (κ3) is 1.57. The summed E-state index contributed by atoms with van der Waals surface area (Å²) in [5.74, 6) is 0.477. The Bertz CT molecular complexity index is 134. The lowest BCUT2D eigenvalue weighted by atomic mass is 9.76. The zero-order valence-electron chi connectivity index (χ0n) is 7.38. The van der Waals surface area contributed by atoms with Crippen LogP contribution in [0.5, 0.6) is 0 Å². The van der Waals surface area contributed by atoms with E-state index in [0.717, 1.165) is 19.3 Å². The molecule has 0 saturated heterocycles. The van der Waals surface area contributed by atoms with E-state index in [-0.39, 0.29) is 18.1 Å². The van der Waals surface area contributed by atoms with Crippen LogP contribution in [0.15, 0.2) is 0 Å². The highest BCUT2D eigenvalue weighted by atomic mass is 16.3. The molecule has 0 spiro atoms. The number of hydrogen-bond donors (Lipinski definition) is 2. The molecule has 1 aliphatic rings. The first-order valence-corrected chi connectivity index (χ1v) is 4.39. The summed E-state index contributed by atoms with van der Waals surface area (Å²) >= 11 is 0. The third-order valence-electron chi connectivity index (χ3n) is 3.16. The fraction of sp³-hybridized carbons (Fsp3) is 1.00. The zero-order chi connectivity index (χ0) is 8.48. The van der Waals surface area contributed by atoms with E-state index < -0.39 is 0 Å². The molecule has 2 nitrogen and oxygen atoms in total. The van der Waals surface area contributed by atoms with Gasteiger partial charge in [0.1, 0.15) is 0 Å². The second kappa shape index (κ2) is 3.11. The van der Waals surface area contributed by atoms with Gasteiger partial charge in [0.25, 0.3) is 0 Å². The van der Waals surface area contributed by atoms with Crippen molar-refractivity contribution < 1.29 is 10.2 Å². The molecule has 1 rings (SSSR count). The van der Waals surface area contributed by atoms with E-state index >= 15 is 0 Å². The zero-order valence-corrected chi connectivity index (χ0v) is 7.38. The summed E-state index contributed by atoms with van der Waals surface area (Å²) in [6.07, 6.45) is 2.44. The quantitative estimate of drug-likeness (QED) is 0.633. The Labute approximate surface area is 68.2 Å². The van der Waals surface area contributed by atoms with Crippen LogP contribution in [-0.4, -0.2) is 22.9 Å². The lowest BCUT2D eigenvalue weighted by molar-refractivity contribution is 0.0639. The smallest absolute Gasteiger partial charge is 0.0546 e. The largest absolute Gasteiger partial charge is 0.396 e. The van der Waals surface area contributed by atoms with E-state index in [9.17, 15) is 10.2 Å². The molecule has 0 aromatic heterocycles. The Morgan fingerprint density at radius 3 is 2.36 bits per heavy atom. The van der Waals surface area contributed by atoms with Crippen molar-refractivity contribution in [3.8, 4) is 0 Å². The average Bonchev–Trinajstić information content (AvgIpc) is 2.33. The van der Waals surface area contributed by atoms with Gasteiger partial charge in [0, 0.05) is 6.61 Å². The maximum Gasteiger partial charge on any atom is 0.0546 e. The molecule has 66 valence electrons. The van der Waals surface area contributed by atoms with Gasteiger partial charge in [-0.05, 0) is 30.6 Å². The maximum atomic E-state index is 9.33. The molecular formula is C9H18O2. The summed E-state index contributed by atoms with van der Waals surface area (Å²) in [5.41, 5.74) is 0.0133.